The van der Waals surface area contributed by atoms with Gasteiger partial charge in [-0.2, -0.15) is 5.26 Å². The van der Waals surface area contributed by atoms with E-state index in [4.69, 9.17) is 5.26 Å². The topological polar surface area (TPSA) is 35.8 Å². The zero-order valence-electron chi connectivity index (χ0n) is 10.3. The molecule has 1 N–H and O–H groups in total. The Morgan fingerprint density at radius 1 is 1.47 bits per heavy atom. The molecule has 2 heteroatoms. The normalized spacial score (nSPS) is 10.2. The van der Waals surface area contributed by atoms with Crippen LogP contribution in [0, 0.1) is 11.3 Å². The van der Waals surface area contributed by atoms with Crippen molar-refractivity contribution in [2.75, 3.05) is 6.54 Å². The van der Waals surface area contributed by atoms with Crippen molar-refractivity contribution in [2.24, 2.45) is 0 Å². The lowest BCUT2D eigenvalue weighted by Crippen LogP contribution is -2.13. The summed E-state index contributed by atoms with van der Waals surface area (Å²) in [5.41, 5.74) is 1.85. The lowest BCUT2D eigenvalue weighted by Gasteiger charge is -2.05. The Hall–Kier alpha value is -1.49. The molecule has 0 atom stereocenters. The minimum Gasteiger partial charge on any atom is -0.372 e. The van der Waals surface area contributed by atoms with Crippen LogP contribution < -0.4 is 5.32 Å². The molecule has 15 heavy (non-hydrogen) atoms. The zero-order valence-corrected chi connectivity index (χ0v) is 10.3. The van der Waals surface area contributed by atoms with Gasteiger partial charge in [-0.3, -0.25) is 0 Å². The lowest BCUT2D eigenvalue weighted by molar-refractivity contribution is 0.922. The van der Waals surface area contributed by atoms with Gasteiger partial charge in [-0.25, -0.2) is 0 Å². The van der Waals surface area contributed by atoms with E-state index in [9.17, 15) is 0 Å². The van der Waals surface area contributed by atoms with Gasteiger partial charge in [-0.1, -0.05) is 39.0 Å². The molecule has 0 unspecified atom stereocenters. The SMILES string of the molecule is C=C(C)/C(=C\C=C/C)NCC#N.CCC. The number of nitrogens with zero attached hydrogens (tertiary/aromatic N) is 1. The molecule has 0 fully saturated rings. The Morgan fingerprint density at radius 2 is 2.00 bits per heavy atom. The number of allylic oxidation sites excluding steroid dienone is 4. The molecule has 0 rings (SSSR count). The van der Waals surface area contributed by atoms with Crippen LogP contribution in [0.25, 0.3) is 0 Å². The number of nitriles is 1. The third-order valence-electron chi connectivity index (χ3n) is 1.27. The Morgan fingerprint density at radius 3 is 2.33 bits per heavy atom. The van der Waals surface area contributed by atoms with Gasteiger partial charge in [-0.05, 0) is 25.5 Å². The number of nitrogens with one attached hydrogen (secondary N) is 1. The van der Waals surface area contributed by atoms with Crippen molar-refractivity contribution >= 4 is 0 Å². The van der Waals surface area contributed by atoms with Crippen molar-refractivity contribution in [1.29, 1.82) is 5.26 Å². The highest BCUT2D eigenvalue weighted by molar-refractivity contribution is 5.28. The summed E-state index contributed by atoms with van der Waals surface area (Å²) in [6.07, 6.45) is 6.99. The van der Waals surface area contributed by atoms with Crippen LogP contribution in [0.5, 0.6) is 0 Å². The van der Waals surface area contributed by atoms with Crippen LogP contribution in [-0.2, 0) is 0 Å². The van der Waals surface area contributed by atoms with E-state index in [0.29, 0.717) is 6.54 Å². The number of hydrogen-bond acceptors (Lipinski definition) is 2. The van der Waals surface area contributed by atoms with Gasteiger partial charge in [0.1, 0.15) is 6.54 Å². The lowest BCUT2D eigenvalue weighted by atomic mass is 10.2. The molecule has 0 saturated carbocycles. The molecular formula is C13H22N2. The van der Waals surface area contributed by atoms with E-state index in [1.807, 2.05) is 38.1 Å². The van der Waals surface area contributed by atoms with Crippen molar-refractivity contribution in [2.45, 2.75) is 34.1 Å². The van der Waals surface area contributed by atoms with Crippen LogP contribution in [0.3, 0.4) is 0 Å². The van der Waals surface area contributed by atoms with Gasteiger partial charge in [0.2, 0.25) is 0 Å². The summed E-state index contributed by atoms with van der Waals surface area (Å²) < 4.78 is 0. The summed E-state index contributed by atoms with van der Waals surface area (Å²) in [5.74, 6) is 0. The maximum atomic E-state index is 8.33. The second kappa shape index (κ2) is 12.5. The van der Waals surface area contributed by atoms with Gasteiger partial charge >= 0.3 is 0 Å². The van der Waals surface area contributed by atoms with Crippen LogP contribution in [-0.4, -0.2) is 6.54 Å². The maximum absolute atomic E-state index is 8.33. The standard InChI is InChI=1S/C10H14N2.C3H8/c1-4-5-6-10(9(2)3)12-8-7-11;1-3-2/h4-6,12H,2,8H2,1,3H3;3H2,1-2H3/b5-4-,10-6+;. The summed E-state index contributed by atoms with van der Waals surface area (Å²) in [5, 5.41) is 11.3. The minimum absolute atomic E-state index is 0.316. The van der Waals surface area contributed by atoms with Crippen molar-refractivity contribution in [3.05, 3.63) is 36.1 Å². The van der Waals surface area contributed by atoms with Crippen LogP contribution in [0.15, 0.2) is 36.1 Å². The Bertz CT molecular complexity index is 254. The number of hydrogen-bond donors (Lipinski definition) is 1. The molecule has 0 aliphatic carbocycles. The molecule has 0 radical (unpaired) electrons. The van der Waals surface area contributed by atoms with Gasteiger partial charge in [0.25, 0.3) is 0 Å². The molecule has 84 valence electrons. The van der Waals surface area contributed by atoms with Crippen LogP contribution in [0.4, 0.5) is 0 Å². The largest absolute Gasteiger partial charge is 0.372 e. The highest BCUT2D eigenvalue weighted by Crippen LogP contribution is 2.01. The van der Waals surface area contributed by atoms with Gasteiger partial charge in [0.15, 0.2) is 0 Å². The molecule has 0 bridgehead atoms. The first-order chi connectivity index (χ1) is 7.13. The molecular weight excluding hydrogens is 184 g/mol. The van der Waals surface area contributed by atoms with Crippen molar-refractivity contribution in [1.82, 2.24) is 5.32 Å². The van der Waals surface area contributed by atoms with Crippen LogP contribution >= 0.6 is 0 Å². The van der Waals surface area contributed by atoms with E-state index in [0.717, 1.165) is 11.3 Å². The fraction of sp³-hybridized carbons (Fsp3) is 0.462. The summed E-state index contributed by atoms with van der Waals surface area (Å²) in [6, 6.07) is 2.01. The fourth-order valence-corrected chi connectivity index (χ4v) is 0.679. The van der Waals surface area contributed by atoms with Crippen molar-refractivity contribution in [3.8, 4) is 6.07 Å². The van der Waals surface area contributed by atoms with Crippen molar-refractivity contribution < 1.29 is 0 Å². The quantitative estimate of drug-likeness (QED) is 0.564. The Kier molecular flexibility index (Phi) is 13.3. The first-order valence-electron chi connectivity index (χ1n) is 5.23. The molecule has 0 aliphatic rings. The zero-order chi connectivity index (χ0) is 12.1. The second-order valence-corrected chi connectivity index (χ2v) is 3.11. The van der Waals surface area contributed by atoms with E-state index in [1.165, 1.54) is 6.42 Å². The third kappa shape index (κ3) is 12.5. The molecule has 0 spiro atoms. The summed E-state index contributed by atoms with van der Waals surface area (Å²) in [6.45, 7) is 12.2. The van der Waals surface area contributed by atoms with Crippen molar-refractivity contribution in [3.63, 3.8) is 0 Å². The predicted octanol–water partition coefficient (Wildman–Crippen LogP) is 3.55. The first kappa shape index (κ1) is 16.0. The number of rotatable bonds is 4. The second-order valence-electron chi connectivity index (χ2n) is 3.11. The summed E-state index contributed by atoms with van der Waals surface area (Å²) >= 11 is 0. The van der Waals surface area contributed by atoms with Gasteiger partial charge in [0, 0.05) is 5.70 Å². The smallest absolute Gasteiger partial charge is 0.103 e. The third-order valence-corrected chi connectivity index (χ3v) is 1.27. The van der Waals surface area contributed by atoms with E-state index >= 15 is 0 Å². The predicted molar refractivity (Wildman–Crippen MR) is 67.3 cm³/mol. The molecule has 2 nitrogen and oxygen atoms in total. The van der Waals surface area contributed by atoms with Gasteiger partial charge < -0.3 is 5.32 Å². The van der Waals surface area contributed by atoms with Crippen LogP contribution in [0.2, 0.25) is 0 Å². The Labute approximate surface area is 94.0 Å². The molecule has 0 aromatic heterocycles. The molecule has 0 aromatic carbocycles. The average molecular weight is 206 g/mol. The minimum atomic E-state index is 0.316. The molecule has 0 aromatic rings. The molecule has 0 heterocycles. The van der Waals surface area contributed by atoms with E-state index in [2.05, 4.69) is 25.7 Å². The van der Waals surface area contributed by atoms with Gasteiger partial charge in [-0.15, -0.1) is 0 Å². The highest BCUT2D eigenvalue weighted by Gasteiger charge is 1.93. The monoisotopic (exact) mass is 206 g/mol. The van der Waals surface area contributed by atoms with Crippen LogP contribution in [0.1, 0.15) is 34.1 Å². The average Bonchev–Trinajstić information content (AvgIpc) is 2.19. The maximum Gasteiger partial charge on any atom is 0.103 e. The highest BCUT2D eigenvalue weighted by atomic mass is 14.9. The van der Waals surface area contributed by atoms with E-state index < -0.39 is 0 Å². The Balaban J connectivity index is 0. The molecule has 0 aliphatic heterocycles. The first-order valence-corrected chi connectivity index (χ1v) is 5.23. The summed E-state index contributed by atoms with van der Waals surface area (Å²) in [7, 11) is 0. The van der Waals surface area contributed by atoms with Gasteiger partial charge in [0.05, 0.1) is 6.07 Å². The summed E-state index contributed by atoms with van der Waals surface area (Å²) in [4.78, 5) is 0. The molecule has 0 saturated heterocycles. The van der Waals surface area contributed by atoms with E-state index in [1.54, 1.807) is 0 Å². The van der Waals surface area contributed by atoms with E-state index in [-0.39, 0.29) is 0 Å². The molecule has 0 amide bonds. The fourth-order valence-electron chi connectivity index (χ4n) is 0.679.